The zero-order valence-corrected chi connectivity index (χ0v) is 16.7. The molecule has 0 radical (unpaired) electrons. The Balaban J connectivity index is 2.17. The minimum absolute atomic E-state index is 0.356. The largest absolute Gasteiger partial charge is 0.481 e. The number of aryl methyl sites for hydroxylation is 2. The molecule has 0 bridgehead atoms. The summed E-state index contributed by atoms with van der Waals surface area (Å²) in [6, 6.07) is 9.35. The summed E-state index contributed by atoms with van der Waals surface area (Å²) < 4.78 is 9.93. The molecular weight excluding hydrogens is 354 g/mol. The van der Waals surface area contributed by atoms with Crippen molar-refractivity contribution in [2.45, 2.75) is 20.3 Å². The fraction of sp³-hybridized carbons (Fsp3) is 0.227. The molecule has 0 aliphatic carbocycles. The summed E-state index contributed by atoms with van der Waals surface area (Å²) in [5, 5.41) is 5.75. The number of carbonyl (C=O) groups excluding carboxylic acids is 1. The van der Waals surface area contributed by atoms with Crippen LogP contribution in [-0.4, -0.2) is 31.9 Å². The number of hydrogen-bond acceptors (Lipinski definition) is 6. The Kier molecular flexibility index (Phi) is 7.09. The molecule has 0 aliphatic heterocycles. The minimum Gasteiger partial charge on any atom is -0.481 e. The Hall–Kier alpha value is -3.41. The lowest BCUT2D eigenvalue weighted by Crippen LogP contribution is -2.13. The second kappa shape index (κ2) is 9.50. The summed E-state index contributed by atoms with van der Waals surface area (Å²) in [6.07, 6.45) is 4.22. The highest BCUT2D eigenvalue weighted by molar-refractivity contribution is 5.89. The summed E-state index contributed by atoms with van der Waals surface area (Å²) in [6.45, 7) is 11.8. The Bertz CT molecular complexity index is 899. The first kappa shape index (κ1) is 20.9. The van der Waals surface area contributed by atoms with E-state index in [-0.39, 0.29) is 0 Å². The normalized spacial score (nSPS) is 10.6. The van der Waals surface area contributed by atoms with E-state index in [1.807, 2.05) is 38.1 Å². The summed E-state index contributed by atoms with van der Waals surface area (Å²) in [4.78, 5) is 16.1. The van der Waals surface area contributed by atoms with E-state index >= 15 is 0 Å². The quantitative estimate of drug-likeness (QED) is 0.297. The molecule has 1 heterocycles. The molecule has 0 aliphatic rings. The first-order valence-corrected chi connectivity index (χ1v) is 8.71. The Morgan fingerprint density at radius 3 is 2.43 bits per heavy atom. The molecule has 0 amide bonds. The van der Waals surface area contributed by atoms with Gasteiger partial charge in [-0.3, -0.25) is 0 Å². The molecule has 0 N–H and O–H groups in total. The summed E-state index contributed by atoms with van der Waals surface area (Å²) in [5.41, 5.74) is 4.90. The first-order chi connectivity index (χ1) is 13.4. The average molecular weight is 379 g/mol. The number of carbonyl (C=O) groups is 1. The number of benzene rings is 1. The molecule has 28 heavy (non-hydrogen) atoms. The molecular formula is C22H25N3O3. The van der Waals surface area contributed by atoms with Crippen LogP contribution in [0.5, 0.6) is 5.88 Å². The predicted molar refractivity (Wildman–Crippen MR) is 112 cm³/mol. The van der Waals surface area contributed by atoms with Crippen molar-refractivity contribution in [1.29, 1.82) is 0 Å². The standard InChI is InChI=1S/C22H25N3O3/c1-15-10-16(2)12-20(11-15)25(23-4)17(3)8-7-9-19-13-18(22(26)28-6)14-21(24-19)27-5/h7-8,10-14H,3-4,9H2,1-2,5-6H3/b8-7+. The van der Waals surface area contributed by atoms with Crippen LogP contribution >= 0.6 is 0 Å². The molecule has 6 nitrogen and oxygen atoms in total. The molecule has 0 fully saturated rings. The van der Waals surface area contributed by atoms with Gasteiger partial charge in [0, 0.05) is 24.9 Å². The summed E-state index contributed by atoms with van der Waals surface area (Å²) in [7, 11) is 2.84. The lowest BCUT2D eigenvalue weighted by atomic mass is 10.1. The topological polar surface area (TPSA) is 64.0 Å². The van der Waals surface area contributed by atoms with Crippen molar-refractivity contribution in [2.24, 2.45) is 5.10 Å². The number of aromatic nitrogens is 1. The number of allylic oxidation sites excluding steroid dienone is 2. The van der Waals surface area contributed by atoms with Gasteiger partial charge in [-0.05, 0) is 49.2 Å². The minimum atomic E-state index is -0.438. The van der Waals surface area contributed by atoms with Gasteiger partial charge in [0.15, 0.2) is 0 Å². The van der Waals surface area contributed by atoms with Crippen molar-refractivity contribution in [3.8, 4) is 5.88 Å². The molecule has 6 heteroatoms. The number of esters is 1. The van der Waals surface area contributed by atoms with Crippen LogP contribution in [0.25, 0.3) is 0 Å². The molecule has 0 spiro atoms. The molecule has 1 aromatic heterocycles. The van der Waals surface area contributed by atoms with Crippen LogP contribution in [0.2, 0.25) is 0 Å². The van der Waals surface area contributed by atoms with Gasteiger partial charge in [-0.2, -0.15) is 5.10 Å². The number of methoxy groups -OCH3 is 2. The van der Waals surface area contributed by atoms with Gasteiger partial charge in [-0.1, -0.05) is 18.7 Å². The van der Waals surface area contributed by atoms with Crippen molar-refractivity contribution >= 4 is 18.4 Å². The Morgan fingerprint density at radius 2 is 1.86 bits per heavy atom. The van der Waals surface area contributed by atoms with E-state index in [1.54, 1.807) is 17.1 Å². The molecule has 2 aromatic rings. The maximum absolute atomic E-state index is 11.8. The highest BCUT2D eigenvalue weighted by atomic mass is 16.5. The fourth-order valence-electron chi connectivity index (χ4n) is 2.80. The van der Waals surface area contributed by atoms with Gasteiger partial charge in [-0.15, -0.1) is 0 Å². The summed E-state index contributed by atoms with van der Waals surface area (Å²) >= 11 is 0. The summed E-state index contributed by atoms with van der Waals surface area (Å²) in [5.74, 6) is -0.0815. The third-order valence-electron chi connectivity index (χ3n) is 3.99. The number of hydrogen-bond donors (Lipinski definition) is 0. The van der Waals surface area contributed by atoms with Crippen LogP contribution in [0.4, 0.5) is 5.69 Å². The van der Waals surface area contributed by atoms with Crippen molar-refractivity contribution in [2.75, 3.05) is 19.2 Å². The molecule has 0 saturated carbocycles. The number of pyridine rings is 1. The lowest BCUT2D eigenvalue weighted by molar-refractivity contribution is 0.0600. The predicted octanol–water partition coefficient (Wildman–Crippen LogP) is 4.23. The number of anilines is 1. The average Bonchev–Trinajstić information content (AvgIpc) is 2.66. The monoisotopic (exact) mass is 379 g/mol. The van der Waals surface area contributed by atoms with Crippen LogP contribution in [0.3, 0.4) is 0 Å². The highest BCUT2D eigenvalue weighted by Crippen LogP contribution is 2.23. The second-order valence-electron chi connectivity index (χ2n) is 6.28. The smallest absolute Gasteiger partial charge is 0.338 e. The van der Waals surface area contributed by atoms with Gasteiger partial charge < -0.3 is 9.47 Å². The van der Waals surface area contributed by atoms with Gasteiger partial charge in [0.2, 0.25) is 5.88 Å². The van der Waals surface area contributed by atoms with E-state index in [4.69, 9.17) is 9.47 Å². The van der Waals surface area contributed by atoms with Gasteiger partial charge in [0.1, 0.15) is 0 Å². The molecule has 1 aromatic carbocycles. The van der Waals surface area contributed by atoms with Gasteiger partial charge in [0.05, 0.1) is 31.2 Å². The third kappa shape index (κ3) is 5.30. The molecule has 146 valence electrons. The van der Waals surface area contributed by atoms with Gasteiger partial charge in [-0.25, -0.2) is 14.8 Å². The van der Waals surface area contributed by atoms with E-state index in [0.29, 0.717) is 29.3 Å². The van der Waals surface area contributed by atoms with E-state index in [9.17, 15) is 4.79 Å². The van der Waals surface area contributed by atoms with Gasteiger partial charge in [0.25, 0.3) is 0 Å². The Labute approximate surface area is 165 Å². The number of nitrogens with zero attached hydrogens (tertiary/aromatic N) is 3. The van der Waals surface area contributed by atoms with Crippen molar-refractivity contribution in [3.05, 3.63) is 77.1 Å². The van der Waals surface area contributed by atoms with Crippen LogP contribution in [0.15, 0.2) is 59.9 Å². The van der Waals surface area contributed by atoms with Gasteiger partial charge >= 0.3 is 5.97 Å². The highest BCUT2D eigenvalue weighted by Gasteiger charge is 2.11. The first-order valence-electron chi connectivity index (χ1n) is 8.71. The molecule has 2 rings (SSSR count). The van der Waals surface area contributed by atoms with Crippen molar-refractivity contribution in [3.63, 3.8) is 0 Å². The maximum atomic E-state index is 11.8. The van der Waals surface area contributed by atoms with Crippen LogP contribution in [0, 0.1) is 13.8 Å². The number of ether oxygens (including phenoxy) is 2. The maximum Gasteiger partial charge on any atom is 0.338 e. The van der Waals surface area contributed by atoms with Crippen LogP contribution < -0.4 is 9.75 Å². The fourth-order valence-corrected chi connectivity index (χ4v) is 2.80. The third-order valence-corrected chi connectivity index (χ3v) is 3.99. The molecule has 0 atom stereocenters. The Morgan fingerprint density at radius 1 is 1.18 bits per heavy atom. The van der Waals surface area contributed by atoms with Crippen molar-refractivity contribution in [1.82, 2.24) is 4.98 Å². The van der Waals surface area contributed by atoms with E-state index in [1.165, 1.54) is 14.2 Å². The van der Waals surface area contributed by atoms with Crippen LogP contribution in [-0.2, 0) is 11.2 Å². The van der Waals surface area contributed by atoms with Crippen molar-refractivity contribution < 1.29 is 14.3 Å². The number of rotatable bonds is 8. The second-order valence-corrected chi connectivity index (χ2v) is 6.28. The zero-order chi connectivity index (χ0) is 20.7. The van der Waals surface area contributed by atoms with E-state index < -0.39 is 5.97 Å². The number of hydrazone groups is 1. The van der Waals surface area contributed by atoms with E-state index in [0.717, 1.165) is 16.8 Å². The molecule has 0 unspecified atom stereocenters. The molecule has 0 saturated heterocycles. The SMILES string of the molecule is C=NN(C(=C)/C=C/Cc1cc(C(=O)OC)cc(OC)n1)c1cc(C)cc(C)c1. The lowest BCUT2D eigenvalue weighted by Gasteiger charge is -2.19. The van der Waals surface area contributed by atoms with E-state index in [2.05, 4.69) is 29.4 Å². The zero-order valence-electron chi connectivity index (χ0n) is 16.7. The van der Waals surface area contributed by atoms with Crippen LogP contribution in [0.1, 0.15) is 27.2 Å².